The van der Waals surface area contributed by atoms with Gasteiger partial charge in [-0.3, -0.25) is 4.79 Å². The van der Waals surface area contributed by atoms with E-state index in [1.165, 1.54) is 24.3 Å². The normalized spacial score (nSPS) is 28.8. The van der Waals surface area contributed by atoms with Gasteiger partial charge in [-0.05, 0) is 41.7 Å². The molecule has 2 aromatic rings. The van der Waals surface area contributed by atoms with Crippen LogP contribution in [-0.4, -0.2) is 53.4 Å². The number of halogens is 2. The molecule has 2 aliphatic rings. The van der Waals surface area contributed by atoms with Crippen LogP contribution in [0.3, 0.4) is 0 Å². The predicted octanol–water partition coefficient (Wildman–Crippen LogP) is 2.50. The molecule has 148 valence electrons. The smallest absolute Gasteiger partial charge is 0.387 e. The number of nitrogens with zero attached hydrogens (tertiary/aromatic N) is 1. The standard InChI is InChI=1S/C21H21F2NO4/c22-20(23)28-15-8-6-14(7-9-15)19(27)24-10-17(26)21(12-24)16(11-25)18(21)13-4-2-1-3-5-13/h1-9,16-18,20,25-26H,10-12H2/t16-,17+,18-,21-/m1/s1. The molecule has 1 spiro atoms. The second-order valence-corrected chi connectivity index (χ2v) is 7.39. The van der Waals surface area contributed by atoms with Gasteiger partial charge in [-0.25, -0.2) is 0 Å². The van der Waals surface area contributed by atoms with Gasteiger partial charge in [0.1, 0.15) is 5.75 Å². The molecule has 0 bridgehead atoms. The van der Waals surface area contributed by atoms with Crippen molar-refractivity contribution in [3.05, 3.63) is 65.7 Å². The minimum absolute atomic E-state index is 0.00619. The van der Waals surface area contributed by atoms with Gasteiger partial charge in [0.05, 0.1) is 6.10 Å². The molecule has 1 heterocycles. The number of aliphatic hydroxyl groups excluding tert-OH is 2. The van der Waals surface area contributed by atoms with Crippen LogP contribution >= 0.6 is 0 Å². The lowest BCUT2D eigenvalue weighted by molar-refractivity contribution is -0.0498. The molecule has 0 radical (unpaired) electrons. The van der Waals surface area contributed by atoms with Crippen molar-refractivity contribution in [2.24, 2.45) is 11.3 Å². The number of β-amino-alcohol motifs (C(OH)–C–C–N with tert-alkyl or cyclic N) is 1. The molecule has 7 heteroatoms. The molecule has 1 saturated heterocycles. The molecular weight excluding hydrogens is 368 g/mol. The molecule has 2 aromatic carbocycles. The maximum Gasteiger partial charge on any atom is 0.387 e. The zero-order valence-corrected chi connectivity index (χ0v) is 15.0. The molecule has 1 saturated carbocycles. The number of rotatable bonds is 5. The fourth-order valence-electron chi connectivity index (χ4n) is 4.68. The SMILES string of the molecule is O=C(c1ccc(OC(F)F)cc1)N1C[C@H](O)[C@@]2(C1)[C@H](CO)[C@H]2c1ccccc1. The molecule has 2 fully saturated rings. The van der Waals surface area contributed by atoms with Crippen LogP contribution in [0.15, 0.2) is 54.6 Å². The molecule has 5 nitrogen and oxygen atoms in total. The van der Waals surface area contributed by atoms with E-state index in [1.54, 1.807) is 4.90 Å². The topological polar surface area (TPSA) is 70.0 Å². The van der Waals surface area contributed by atoms with Gasteiger partial charge >= 0.3 is 6.61 Å². The largest absolute Gasteiger partial charge is 0.435 e. The molecule has 1 amide bonds. The lowest BCUT2D eigenvalue weighted by Crippen LogP contribution is -2.29. The van der Waals surface area contributed by atoms with Crippen LogP contribution < -0.4 is 4.74 Å². The van der Waals surface area contributed by atoms with Crippen molar-refractivity contribution in [3.8, 4) is 5.75 Å². The first-order valence-electron chi connectivity index (χ1n) is 9.15. The fourth-order valence-corrected chi connectivity index (χ4v) is 4.68. The van der Waals surface area contributed by atoms with Gasteiger partial charge in [-0.15, -0.1) is 0 Å². The number of hydrogen-bond acceptors (Lipinski definition) is 4. The second-order valence-electron chi connectivity index (χ2n) is 7.39. The number of benzene rings is 2. The lowest BCUT2D eigenvalue weighted by atomic mass is 9.95. The van der Waals surface area contributed by atoms with Gasteiger partial charge in [0.15, 0.2) is 0 Å². The molecular formula is C21H21F2NO4. The Morgan fingerprint density at radius 2 is 1.86 bits per heavy atom. The minimum atomic E-state index is -2.92. The van der Waals surface area contributed by atoms with Crippen LogP contribution in [0.5, 0.6) is 5.75 Å². The summed E-state index contributed by atoms with van der Waals surface area (Å²) in [5.74, 6) is -0.413. The average Bonchev–Trinajstić information content (AvgIpc) is 3.23. The van der Waals surface area contributed by atoms with Crippen molar-refractivity contribution in [1.82, 2.24) is 4.90 Å². The summed E-state index contributed by atoms with van der Waals surface area (Å²) >= 11 is 0. The third-order valence-electron chi connectivity index (χ3n) is 6.01. The van der Waals surface area contributed by atoms with E-state index >= 15 is 0 Å². The maximum atomic E-state index is 12.8. The molecule has 1 aliphatic carbocycles. The average molecular weight is 389 g/mol. The Morgan fingerprint density at radius 3 is 2.46 bits per heavy atom. The van der Waals surface area contributed by atoms with E-state index in [0.717, 1.165) is 5.56 Å². The van der Waals surface area contributed by atoms with E-state index in [4.69, 9.17) is 0 Å². The number of alkyl halides is 2. The number of hydrogen-bond donors (Lipinski definition) is 2. The van der Waals surface area contributed by atoms with Crippen molar-refractivity contribution < 1.29 is 28.5 Å². The Bertz CT molecular complexity index is 845. The van der Waals surface area contributed by atoms with Crippen molar-refractivity contribution in [1.29, 1.82) is 0 Å². The van der Waals surface area contributed by atoms with Gasteiger partial charge < -0.3 is 19.8 Å². The highest BCUT2D eigenvalue weighted by Gasteiger charge is 2.71. The van der Waals surface area contributed by atoms with E-state index in [9.17, 15) is 23.8 Å². The van der Waals surface area contributed by atoms with E-state index in [2.05, 4.69) is 4.74 Å². The van der Waals surface area contributed by atoms with Gasteiger partial charge in [0.2, 0.25) is 0 Å². The van der Waals surface area contributed by atoms with Crippen LogP contribution in [0.2, 0.25) is 0 Å². The summed E-state index contributed by atoms with van der Waals surface area (Å²) in [7, 11) is 0. The summed E-state index contributed by atoms with van der Waals surface area (Å²) in [4.78, 5) is 14.4. The van der Waals surface area contributed by atoms with E-state index in [1.807, 2.05) is 30.3 Å². The summed E-state index contributed by atoms with van der Waals surface area (Å²) in [6, 6.07) is 15.2. The molecule has 28 heavy (non-hydrogen) atoms. The third-order valence-corrected chi connectivity index (χ3v) is 6.01. The number of carbonyl (C=O) groups excluding carboxylic acids is 1. The zero-order chi connectivity index (χ0) is 19.9. The molecule has 2 N–H and O–H groups in total. The number of aliphatic hydroxyl groups is 2. The number of ether oxygens (including phenoxy) is 1. The van der Waals surface area contributed by atoms with Gasteiger partial charge in [-0.2, -0.15) is 8.78 Å². The summed E-state index contributed by atoms with van der Waals surface area (Å²) < 4.78 is 28.8. The third kappa shape index (κ3) is 3.04. The Morgan fingerprint density at radius 1 is 1.18 bits per heavy atom. The van der Waals surface area contributed by atoms with Crippen LogP contribution in [0.1, 0.15) is 21.8 Å². The minimum Gasteiger partial charge on any atom is -0.435 e. The fraction of sp³-hybridized carbons (Fsp3) is 0.381. The zero-order valence-electron chi connectivity index (χ0n) is 15.0. The second kappa shape index (κ2) is 7.14. The van der Waals surface area contributed by atoms with Crippen molar-refractivity contribution in [3.63, 3.8) is 0 Å². The number of amides is 1. The van der Waals surface area contributed by atoms with E-state index < -0.39 is 18.1 Å². The summed E-state index contributed by atoms with van der Waals surface area (Å²) in [6.07, 6.45) is -0.736. The van der Waals surface area contributed by atoms with Crippen molar-refractivity contribution >= 4 is 5.91 Å². The molecule has 0 unspecified atom stereocenters. The Hall–Kier alpha value is -2.51. The number of carbonyl (C=O) groups is 1. The summed E-state index contributed by atoms with van der Waals surface area (Å²) in [6.45, 7) is -2.46. The van der Waals surface area contributed by atoms with Gasteiger partial charge in [-0.1, -0.05) is 30.3 Å². The first-order chi connectivity index (χ1) is 13.5. The van der Waals surface area contributed by atoms with E-state index in [-0.39, 0.29) is 36.6 Å². The van der Waals surface area contributed by atoms with Crippen molar-refractivity contribution in [2.75, 3.05) is 19.7 Å². The van der Waals surface area contributed by atoms with Crippen LogP contribution in [0, 0.1) is 11.3 Å². The first kappa shape index (κ1) is 18.8. The Balaban J connectivity index is 1.51. The van der Waals surface area contributed by atoms with Crippen LogP contribution in [0.25, 0.3) is 0 Å². The monoisotopic (exact) mass is 389 g/mol. The quantitative estimate of drug-likeness (QED) is 0.825. The molecule has 0 aromatic heterocycles. The predicted molar refractivity (Wildman–Crippen MR) is 97.2 cm³/mol. The van der Waals surface area contributed by atoms with Crippen molar-refractivity contribution in [2.45, 2.75) is 18.6 Å². The van der Waals surface area contributed by atoms with E-state index in [0.29, 0.717) is 12.1 Å². The van der Waals surface area contributed by atoms with Gasteiger partial charge in [0, 0.05) is 30.7 Å². The lowest BCUT2D eigenvalue weighted by Gasteiger charge is -2.17. The number of likely N-dealkylation sites (tertiary alicyclic amines) is 1. The summed E-state index contributed by atoms with van der Waals surface area (Å²) in [5.41, 5.74) is 0.830. The Labute approximate surface area is 161 Å². The Kier molecular flexibility index (Phi) is 4.81. The highest BCUT2D eigenvalue weighted by Crippen LogP contribution is 2.68. The summed E-state index contributed by atoms with van der Waals surface area (Å²) in [5, 5.41) is 20.6. The van der Waals surface area contributed by atoms with Crippen LogP contribution in [-0.2, 0) is 0 Å². The first-order valence-corrected chi connectivity index (χ1v) is 9.15. The molecule has 1 aliphatic heterocycles. The molecule has 4 rings (SSSR count). The van der Waals surface area contributed by atoms with Gasteiger partial charge in [0.25, 0.3) is 5.91 Å². The van der Waals surface area contributed by atoms with Crippen LogP contribution in [0.4, 0.5) is 8.78 Å². The maximum absolute atomic E-state index is 12.8. The molecule has 4 atom stereocenters. The highest BCUT2D eigenvalue weighted by atomic mass is 19.3. The highest BCUT2D eigenvalue weighted by molar-refractivity contribution is 5.94.